The molecular formula is C26H27NO4. The van der Waals surface area contributed by atoms with Crippen LogP contribution in [0.2, 0.25) is 0 Å². The Balaban J connectivity index is 1.38. The first-order chi connectivity index (χ1) is 15.2. The molecule has 1 unspecified atom stereocenters. The summed E-state index contributed by atoms with van der Waals surface area (Å²) in [4.78, 5) is 12.5. The van der Waals surface area contributed by atoms with Crippen LogP contribution in [-0.2, 0) is 11.4 Å². The third-order valence-electron chi connectivity index (χ3n) is 5.23. The van der Waals surface area contributed by atoms with Crippen LogP contribution in [0.3, 0.4) is 0 Å². The average molecular weight is 418 g/mol. The minimum absolute atomic E-state index is 0.153. The van der Waals surface area contributed by atoms with Gasteiger partial charge in [-0.05, 0) is 23.3 Å². The van der Waals surface area contributed by atoms with Crippen molar-refractivity contribution in [3.05, 3.63) is 90.0 Å². The van der Waals surface area contributed by atoms with E-state index in [4.69, 9.17) is 14.2 Å². The van der Waals surface area contributed by atoms with E-state index in [-0.39, 0.29) is 17.9 Å². The predicted octanol–water partition coefficient (Wildman–Crippen LogP) is 4.72. The van der Waals surface area contributed by atoms with Gasteiger partial charge in [-0.25, -0.2) is 0 Å². The molecule has 1 heterocycles. The summed E-state index contributed by atoms with van der Waals surface area (Å²) in [5.41, 5.74) is 2.06. The molecule has 0 amide bonds. The fourth-order valence-corrected chi connectivity index (χ4v) is 3.54. The Morgan fingerprint density at radius 1 is 1.03 bits per heavy atom. The fourth-order valence-electron chi connectivity index (χ4n) is 3.54. The second kappa shape index (κ2) is 10.1. The Hall–Kier alpha value is -3.31. The van der Waals surface area contributed by atoms with Gasteiger partial charge in [0.1, 0.15) is 25.1 Å². The van der Waals surface area contributed by atoms with E-state index in [1.165, 1.54) is 0 Å². The van der Waals surface area contributed by atoms with E-state index in [1.54, 1.807) is 0 Å². The summed E-state index contributed by atoms with van der Waals surface area (Å²) in [7, 11) is 0. The Kier molecular flexibility index (Phi) is 6.85. The van der Waals surface area contributed by atoms with Crippen LogP contribution < -0.4 is 19.5 Å². The van der Waals surface area contributed by atoms with E-state index in [0.29, 0.717) is 37.7 Å². The highest BCUT2D eigenvalue weighted by Crippen LogP contribution is 2.35. The Labute approximate surface area is 183 Å². The van der Waals surface area contributed by atoms with Crippen molar-refractivity contribution >= 4 is 5.78 Å². The standard InChI is InChI=1S/C26H27NO4/c1-2-23(28)26(20-11-7-4-8-12-20)27-16-22-18-30-24-14-13-21(15-25(24)31-22)29-17-19-9-5-3-6-10-19/h3-15,22,26-27H,2,16-18H2,1H3/t22-,26?/m1/s1. The third kappa shape index (κ3) is 5.44. The van der Waals surface area contributed by atoms with E-state index < -0.39 is 0 Å². The van der Waals surface area contributed by atoms with Gasteiger partial charge in [-0.3, -0.25) is 10.1 Å². The lowest BCUT2D eigenvalue weighted by Gasteiger charge is -2.28. The molecule has 1 aliphatic heterocycles. The van der Waals surface area contributed by atoms with Gasteiger partial charge in [-0.15, -0.1) is 0 Å². The zero-order chi connectivity index (χ0) is 21.5. The van der Waals surface area contributed by atoms with Gasteiger partial charge in [0.2, 0.25) is 0 Å². The highest BCUT2D eigenvalue weighted by atomic mass is 16.6. The maximum Gasteiger partial charge on any atom is 0.165 e. The molecule has 31 heavy (non-hydrogen) atoms. The van der Waals surface area contributed by atoms with Crippen LogP contribution >= 0.6 is 0 Å². The van der Waals surface area contributed by atoms with Crippen LogP contribution in [0.1, 0.15) is 30.5 Å². The molecule has 3 aromatic rings. The van der Waals surface area contributed by atoms with Crippen LogP contribution in [0.25, 0.3) is 0 Å². The molecule has 2 atom stereocenters. The van der Waals surface area contributed by atoms with Crippen molar-refractivity contribution in [2.75, 3.05) is 13.2 Å². The highest BCUT2D eigenvalue weighted by Gasteiger charge is 2.25. The Morgan fingerprint density at radius 3 is 2.52 bits per heavy atom. The first-order valence-corrected chi connectivity index (χ1v) is 10.6. The molecule has 5 nitrogen and oxygen atoms in total. The van der Waals surface area contributed by atoms with Crippen LogP contribution in [0.15, 0.2) is 78.9 Å². The van der Waals surface area contributed by atoms with E-state index >= 15 is 0 Å². The van der Waals surface area contributed by atoms with E-state index in [0.717, 1.165) is 16.9 Å². The van der Waals surface area contributed by atoms with Gasteiger partial charge < -0.3 is 14.2 Å². The van der Waals surface area contributed by atoms with Crippen LogP contribution in [0.4, 0.5) is 0 Å². The average Bonchev–Trinajstić information content (AvgIpc) is 2.83. The zero-order valence-electron chi connectivity index (χ0n) is 17.6. The van der Waals surface area contributed by atoms with Gasteiger partial charge in [0, 0.05) is 19.0 Å². The molecule has 0 radical (unpaired) electrons. The van der Waals surface area contributed by atoms with E-state index in [2.05, 4.69) is 5.32 Å². The normalized spacial score (nSPS) is 15.8. The smallest absolute Gasteiger partial charge is 0.165 e. The van der Waals surface area contributed by atoms with Gasteiger partial charge in [0.25, 0.3) is 0 Å². The van der Waals surface area contributed by atoms with Gasteiger partial charge in [0.05, 0.1) is 6.04 Å². The highest BCUT2D eigenvalue weighted by molar-refractivity contribution is 5.85. The Bertz CT molecular complexity index is 991. The Morgan fingerprint density at radius 2 is 1.77 bits per heavy atom. The molecule has 0 fully saturated rings. The topological polar surface area (TPSA) is 56.8 Å². The van der Waals surface area contributed by atoms with Gasteiger partial charge in [-0.2, -0.15) is 0 Å². The number of ketones is 1. The molecule has 160 valence electrons. The predicted molar refractivity (Wildman–Crippen MR) is 120 cm³/mol. The van der Waals surface area contributed by atoms with Crippen molar-refractivity contribution in [1.82, 2.24) is 5.32 Å². The van der Waals surface area contributed by atoms with Crippen molar-refractivity contribution < 1.29 is 19.0 Å². The molecule has 0 aromatic heterocycles. The molecule has 1 N–H and O–H groups in total. The van der Waals surface area contributed by atoms with E-state index in [1.807, 2.05) is 85.8 Å². The first-order valence-electron chi connectivity index (χ1n) is 10.6. The molecule has 0 aliphatic carbocycles. The SMILES string of the molecule is CCC(=O)C(NC[C@@H]1COc2ccc(OCc3ccccc3)cc2O1)c1ccccc1. The van der Waals surface area contributed by atoms with E-state index in [9.17, 15) is 4.79 Å². The number of carbonyl (C=O) groups excluding carboxylic acids is 1. The van der Waals surface area contributed by atoms with Crippen molar-refractivity contribution in [1.29, 1.82) is 0 Å². The maximum absolute atomic E-state index is 12.5. The summed E-state index contributed by atoms with van der Waals surface area (Å²) in [6, 6.07) is 25.1. The van der Waals surface area contributed by atoms with Gasteiger partial charge >= 0.3 is 0 Å². The van der Waals surface area contributed by atoms with Crippen molar-refractivity contribution in [2.24, 2.45) is 0 Å². The third-order valence-corrected chi connectivity index (χ3v) is 5.23. The number of Topliss-reactive ketones (excluding diaryl/α,β-unsaturated/α-hetero) is 1. The first kappa shape index (κ1) is 20.9. The largest absolute Gasteiger partial charge is 0.489 e. The van der Waals surface area contributed by atoms with Crippen molar-refractivity contribution in [3.63, 3.8) is 0 Å². The molecule has 5 heteroatoms. The number of hydrogen-bond acceptors (Lipinski definition) is 5. The second-order valence-corrected chi connectivity index (χ2v) is 7.51. The quantitative estimate of drug-likeness (QED) is 0.546. The van der Waals surface area contributed by atoms with Crippen molar-refractivity contribution in [3.8, 4) is 17.2 Å². The summed E-state index contributed by atoms with van der Waals surface area (Å²) in [5, 5.41) is 3.36. The van der Waals surface area contributed by atoms with Crippen LogP contribution in [0, 0.1) is 0 Å². The molecule has 1 aliphatic rings. The molecule has 0 saturated carbocycles. The number of ether oxygens (including phenoxy) is 3. The maximum atomic E-state index is 12.5. The summed E-state index contributed by atoms with van der Waals surface area (Å²) in [5.74, 6) is 2.23. The van der Waals surface area contributed by atoms with Gasteiger partial charge in [-0.1, -0.05) is 67.6 Å². The monoisotopic (exact) mass is 417 g/mol. The molecule has 0 saturated heterocycles. The minimum Gasteiger partial charge on any atom is -0.489 e. The number of carbonyl (C=O) groups is 1. The van der Waals surface area contributed by atoms with Crippen LogP contribution in [0.5, 0.6) is 17.2 Å². The lowest BCUT2D eigenvalue weighted by atomic mass is 10.0. The minimum atomic E-state index is -0.350. The molecular weight excluding hydrogens is 390 g/mol. The number of fused-ring (bicyclic) bond motifs is 1. The second-order valence-electron chi connectivity index (χ2n) is 7.51. The molecule has 0 spiro atoms. The summed E-state index contributed by atoms with van der Waals surface area (Å²) in [6.07, 6.45) is 0.271. The van der Waals surface area contributed by atoms with Crippen molar-refractivity contribution in [2.45, 2.75) is 32.1 Å². The van der Waals surface area contributed by atoms with Gasteiger partial charge in [0.15, 0.2) is 17.3 Å². The molecule has 4 rings (SSSR count). The van der Waals surface area contributed by atoms with Crippen LogP contribution in [-0.4, -0.2) is 25.0 Å². The number of rotatable bonds is 9. The molecule has 3 aromatic carbocycles. The number of benzene rings is 3. The summed E-state index contributed by atoms with van der Waals surface area (Å²) in [6.45, 7) is 3.29. The molecule has 0 bridgehead atoms. The number of hydrogen-bond donors (Lipinski definition) is 1. The fraction of sp³-hybridized carbons (Fsp3) is 0.269. The lowest BCUT2D eigenvalue weighted by Crippen LogP contribution is -2.41. The lowest BCUT2D eigenvalue weighted by molar-refractivity contribution is -0.121. The summed E-state index contributed by atoms with van der Waals surface area (Å²) < 4.78 is 17.9. The number of nitrogens with one attached hydrogen (secondary N) is 1. The zero-order valence-corrected chi connectivity index (χ0v) is 17.6. The summed E-state index contributed by atoms with van der Waals surface area (Å²) >= 11 is 0.